The number of benzene rings is 1. The molecule has 8 heteroatoms. The number of amides is 2. The number of ether oxygens (including phenoxy) is 2. The third-order valence-corrected chi connectivity index (χ3v) is 5.44. The number of unbranched alkanes of at least 4 members (excludes halogenated alkanes) is 4. The quantitative estimate of drug-likeness (QED) is 0.320. The van der Waals surface area contributed by atoms with Gasteiger partial charge in [0.15, 0.2) is 0 Å². The standard InChI is InChI=1S/C26H43N3O5/c1-26(2,3)34-25(31)27-15-11-6-4-5-10-14-24(30)29(22-23-12-8-7-9-13-23)33-21-18-28-16-19-32-20-17-28/h7-9,12-13H,4-6,10-11,14-22H2,1-3H3,(H,27,31). The number of hydrogen-bond donors (Lipinski definition) is 1. The third-order valence-electron chi connectivity index (χ3n) is 5.44. The lowest BCUT2D eigenvalue weighted by molar-refractivity contribution is -0.192. The highest BCUT2D eigenvalue weighted by atomic mass is 16.7. The van der Waals surface area contributed by atoms with Crippen molar-refractivity contribution in [3.8, 4) is 0 Å². The van der Waals surface area contributed by atoms with Gasteiger partial charge >= 0.3 is 6.09 Å². The summed E-state index contributed by atoms with van der Waals surface area (Å²) in [6, 6.07) is 9.94. The molecule has 0 unspecified atom stereocenters. The average Bonchev–Trinajstić information content (AvgIpc) is 2.80. The largest absolute Gasteiger partial charge is 0.444 e. The Morgan fingerprint density at radius 1 is 1.03 bits per heavy atom. The number of nitrogens with one attached hydrogen (secondary N) is 1. The number of carbonyl (C=O) groups is 2. The summed E-state index contributed by atoms with van der Waals surface area (Å²) in [6.07, 6.45) is 4.85. The minimum Gasteiger partial charge on any atom is -0.444 e. The minimum absolute atomic E-state index is 0.0254. The fourth-order valence-corrected chi connectivity index (χ4v) is 3.62. The van der Waals surface area contributed by atoms with Crippen LogP contribution < -0.4 is 5.32 Å². The van der Waals surface area contributed by atoms with Crippen LogP contribution in [0.2, 0.25) is 0 Å². The predicted octanol–water partition coefficient (Wildman–Crippen LogP) is 4.14. The molecule has 0 atom stereocenters. The first-order chi connectivity index (χ1) is 16.3. The lowest BCUT2D eigenvalue weighted by Crippen LogP contribution is -2.40. The van der Waals surface area contributed by atoms with Gasteiger partial charge < -0.3 is 14.8 Å². The molecule has 1 saturated heterocycles. The van der Waals surface area contributed by atoms with E-state index >= 15 is 0 Å². The number of alkyl carbamates (subject to hydrolysis) is 1. The molecule has 1 aromatic rings. The van der Waals surface area contributed by atoms with Gasteiger partial charge in [0, 0.05) is 32.6 Å². The molecule has 1 N–H and O–H groups in total. The Bertz CT molecular complexity index is 702. The summed E-state index contributed by atoms with van der Waals surface area (Å²) < 4.78 is 10.6. The molecule has 1 heterocycles. The van der Waals surface area contributed by atoms with Crippen molar-refractivity contribution in [1.82, 2.24) is 15.3 Å². The normalized spacial score (nSPS) is 14.6. The van der Waals surface area contributed by atoms with Gasteiger partial charge in [-0.15, -0.1) is 0 Å². The molecule has 1 aromatic carbocycles. The summed E-state index contributed by atoms with van der Waals surface area (Å²) in [5, 5.41) is 4.31. The van der Waals surface area contributed by atoms with Crippen molar-refractivity contribution >= 4 is 12.0 Å². The third kappa shape index (κ3) is 12.9. The maximum absolute atomic E-state index is 12.9. The number of hydrogen-bond acceptors (Lipinski definition) is 6. The Hall–Kier alpha value is -2.16. The smallest absolute Gasteiger partial charge is 0.407 e. The second kappa shape index (κ2) is 15.7. The van der Waals surface area contributed by atoms with Crippen molar-refractivity contribution < 1.29 is 23.9 Å². The Balaban J connectivity index is 1.63. The highest BCUT2D eigenvalue weighted by Crippen LogP contribution is 2.12. The summed E-state index contributed by atoms with van der Waals surface area (Å²) in [5.74, 6) is 0.0254. The van der Waals surface area contributed by atoms with E-state index < -0.39 is 5.60 Å². The molecule has 0 spiro atoms. The maximum atomic E-state index is 12.9. The van der Waals surface area contributed by atoms with Crippen molar-refractivity contribution in [3.63, 3.8) is 0 Å². The molecule has 192 valence electrons. The van der Waals surface area contributed by atoms with Gasteiger partial charge in [0.05, 0.1) is 26.4 Å². The van der Waals surface area contributed by atoms with E-state index in [0.717, 1.165) is 70.5 Å². The summed E-state index contributed by atoms with van der Waals surface area (Å²) >= 11 is 0. The van der Waals surface area contributed by atoms with Crippen LogP contribution in [0, 0.1) is 0 Å². The van der Waals surface area contributed by atoms with Crippen LogP contribution in [0.1, 0.15) is 64.9 Å². The van der Waals surface area contributed by atoms with Gasteiger partial charge in [-0.3, -0.25) is 14.5 Å². The van der Waals surface area contributed by atoms with Crippen molar-refractivity contribution in [1.29, 1.82) is 0 Å². The van der Waals surface area contributed by atoms with E-state index in [1.165, 1.54) is 5.06 Å². The van der Waals surface area contributed by atoms with E-state index in [2.05, 4.69) is 10.2 Å². The van der Waals surface area contributed by atoms with E-state index in [9.17, 15) is 9.59 Å². The molecule has 2 rings (SSSR count). The Morgan fingerprint density at radius 3 is 2.41 bits per heavy atom. The molecule has 2 amide bonds. The number of nitrogens with zero attached hydrogens (tertiary/aromatic N) is 2. The fourth-order valence-electron chi connectivity index (χ4n) is 3.62. The number of carbonyl (C=O) groups excluding carboxylic acids is 2. The first-order valence-corrected chi connectivity index (χ1v) is 12.6. The van der Waals surface area contributed by atoms with E-state index in [-0.39, 0.29) is 12.0 Å². The van der Waals surface area contributed by atoms with Gasteiger partial charge in [0.25, 0.3) is 0 Å². The van der Waals surface area contributed by atoms with Crippen LogP contribution in [-0.2, 0) is 25.7 Å². The first-order valence-electron chi connectivity index (χ1n) is 12.6. The second-order valence-electron chi connectivity index (χ2n) is 9.65. The lowest BCUT2D eigenvalue weighted by Gasteiger charge is -2.28. The zero-order chi connectivity index (χ0) is 24.7. The van der Waals surface area contributed by atoms with Crippen LogP contribution in [0.4, 0.5) is 4.79 Å². The Morgan fingerprint density at radius 2 is 1.71 bits per heavy atom. The topological polar surface area (TPSA) is 80.3 Å². The zero-order valence-corrected chi connectivity index (χ0v) is 21.2. The summed E-state index contributed by atoms with van der Waals surface area (Å²) in [5.41, 5.74) is 0.580. The summed E-state index contributed by atoms with van der Waals surface area (Å²) in [4.78, 5) is 32.7. The van der Waals surface area contributed by atoms with Crippen LogP contribution in [-0.4, -0.2) is 73.6 Å². The average molecular weight is 478 g/mol. The molecular weight excluding hydrogens is 434 g/mol. The summed E-state index contributed by atoms with van der Waals surface area (Å²) in [7, 11) is 0. The van der Waals surface area contributed by atoms with Gasteiger partial charge in [-0.05, 0) is 39.2 Å². The molecule has 1 aliphatic heterocycles. The molecule has 1 fully saturated rings. The zero-order valence-electron chi connectivity index (χ0n) is 21.2. The predicted molar refractivity (Wildman–Crippen MR) is 132 cm³/mol. The molecule has 0 aromatic heterocycles. The highest BCUT2D eigenvalue weighted by molar-refractivity contribution is 5.75. The molecular formula is C26H43N3O5. The lowest BCUT2D eigenvalue weighted by atomic mass is 10.1. The van der Waals surface area contributed by atoms with E-state index in [0.29, 0.717) is 26.1 Å². The molecule has 0 bridgehead atoms. The maximum Gasteiger partial charge on any atom is 0.407 e. The molecule has 8 nitrogen and oxygen atoms in total. The Kier molecular flexibility index (Phi) is 13.0. The van der Waals surface area contributed by atoms with Crippen molar-refractivity contribution in [2.24, 2.45) is 0 Å². The molecule has 0 saturated carbocycles. The highest BCUT2D eigenvalue weighted by Gasteiger charge is 2.17. The van der Waals surface area contributed by atoms with E-state index in [1.807, 2.05) is 51.1 Å². The number of rotatable bonds is 14. The van der Waals surface area contributed by atoms with Crippen molar-refractivity contribution in [2.75, 3.05) is 46.0 Å². The van der Waals surface area contributed by atoms with Gasteiger partial charge in [0.2, 0.25) is 5.91 Å². The van der Waals surface area contributed by atoms with Crippen molar-refractivity contribution in [3.05, 3.63) is 35.9 Å². The SMILES string of the molecule is CC(C)(C)OC(=O)NCCCCCCCC(=O)N(Cc1ccccc1)OCCN1CCOCC1. The molecule has 0 radical (unpaired) electrons. The fraction of sp³-hybridized carbons (Fsp3) is 0.692. The van der Waals surface area contributed by atoms with Crippen LogP contribution in [0.3, 0.4) is 0 Å². The minimum atomic E-state index is -0.475. The van der Waals surface area contributed by atoms with Gasteiger partial charge in [-0.25, -0.2) is 9.86 Å². The van der Waals surface area contributed by atoms with Crippen LogP contribution >= 0.6 is 0 Å². The summed E-state index contributed by atoms with van der Waals surface area (Å²) in [6.45, 7) is 11.2. The van der Waals surface area contributed by atoms with Crippen LogP contribution in [0.15, 0.2) is 30.3 Å². The Labute approximate surface area is 204 Å². The first kappa shape index (κ1) is 28.1. The van der Waals surface area contributed by atoms with E-state index in [1.54, 1.807) is 0 Å². The monoisotopic (exact) mass is 477 g/mol. The van der Waals surface area contributed by atoms with Gasteiger partial charge in [-0.1, -0.05) is 49.6 Å². The number of morpholine rings is 1. The van der Waals surface area contributed by atoms with Crippen molar-refractivity contribution in [2.45, 2.75) is 71.4 Å². The van der Waals surface area contributed by atoms with Crippen LogP contribution in [0.25, 0.3) is 0 Å². The second-order valence-corrected chi connectivity index (χ2v) is 9.65. The van der Waals surface area contributed by atoms with Gasteiger partial charge in [0.1, 0.15) is 5.60 Å². The molecule has 34 heavy (non-hydrogen) atoms. The number of hydroxylamine groups is 2. The van der Waals surface area contributed by atoms with Crippen LogP contribution in [0.5, 0.6) is 0 Å². The van der Waals surface area contributed by atoms with Gasteiger partial charge in [-0.2, -0.15) is 0 Å². The molecule has 1 aliphatic rings. The molecule has 0 aliphatic carbocycles. The van der Waals surface area contributed by atoms with E-state index in [4.69, 9.17) is 14.3 Å².